The Hall–Kier alpha value is -2.08. The van der Waals surface area contributed by atoms with Gasteiger partial charge in [0.25, 0.3) is 0 Å². The lowest BCUT2D eigenvalue weighted by Gasteiger charge is -2.28. The Kier molecular flexibility index (Phi) is 11.6. The van der Waals surface area contributed by atoms with Gasteiger partial charge in [0.1, 0.15) is 11.5 Å². The van der Waals surface area contributed by atoms with Crippen molar-refractivity contribution in [3.05, 3.63) is 112 Å². The van der Waals surface area contributed by atoms with Crippen molar-refractivity contribution in [2.45, 2.75) is 19.3 Å². The van der Waals surface area contributed by atoms with Crippen LogP contribution < -0.4 is 18.9 Å². The lowest BCUT2D eigenvalue weighted by Crippen LogP contribution is -2.21. The van der Waals surface area contributed by atoms with E-state index in [-0.39, 0.29) is 13.2 Å². The van der Waals surface area contributed by atoms with Crippen molar-refractivity contribution in [2.75, 3.05) is 13.2 Å². The molecule has 0 fully saturated rings. The molecule has 0 aliphatic carbocycles. The van der Waals surface area contributed by atoms with Gasteiger partial charge in [-0.05, 0) is 148 Å². The molecule has 0 saturated heterocycles. The van der Waals surface area contributed by atoms with E-state index >= 15 is 0 Å². The highest BCUT2D eigenvalue weighted by Gasteiger charge is 2.28. The first-order valence-electron chi connectivity index (χ1n) is 12.5. The molecular weight excluding hydrogens is 859 g/mol. The summed E-state index contributed by atoms with van der Waals surface area (Å²) in [4.78, 5) is 25.0. The van der Waals surface area contributed by atoms with Crippen LogP contribution in [0.3, 0.4) is 0 Å². The van der Waals surface area contributed by atoms with Gasteiger partial charge in [0.05, 0.1) is 17.9 Å². The fourth-order valence-corrected chi connectivity index (χ4v) is 6.78. The summed E-state index contributed by atoms with van der Waals surface area (Å²) in [6.07, 6.45) is 0. The molecule has 0 bridgehead atoms. The number of esters is 2. The third kappa shape index (κ3) is 8.99. The number of halogens is 6. The monoisotopic (exact) mass is 876 g/mol. The Morgan fingerprint density at radius 1 is 0.605 bits per heavy atom. The van der Waals surface area contributed by atoms with E-state index in [1.165, 1.54) is 0 Å². The Balaban J connectivity index is 1.45. The average Bonchev–Trinajstić information content (AvgIpc) is 2.96. The maximum absolute atomic E-state index is 12.5. The molecule has 12 heteroatoms. The van der Waals surface area contributed by atoms with Gasteiger partial charge in [-0.2, -0.15) is 0 Å². The average molecular weight is 881 g/mol. The van der Waals surface area contributed by atoms with Crippen LogP contribution in [0.25, 0.3) is 0 Å². The molecule has 0 N–H and O–H groups in total. The molecular formula is C31H22Br4Cl2O6. The normalized spacial score (nSPS) is 11.2. The van der Waals surface area contributed by atoms with Crippen molar-refractivity contribution < 1.29 is 28.5 Å². The van der Waals surface area contributed by atoms with Gasteiger partial charge < -0.3 is 18.9 Å². The van der Waals surface area contributed by atoms with Crippen molar-refractivity contribution in [3.8, 4) is 23.0 Å². The quantitative estimate of drug-likeness (QED) is 0.117. The number of carbonyl (C=O) groups is 2. The lowest BCUT2D eigenvalue weighted by molar-refractivity contribution is -0.137. The minimum absolute atomic E-state index is 0.278. The van der Waals surface area contributed by atoms with Crippen LogP contribution in [0.5, 0.6) is 23.0 Å². The minimum atomic E-state index is -0.570. The van der Waals surface area contributed by atoms with Crippen LogP contribution in [-0.4, -0.2) is 25.2 Å². The first kappa shape index (κ1) is 33.8. The predicted octanol–water partition coefficient (Wildman–Crippen LogP) is 10.3. The van der Waals surface area contributed by atoms with Gasteiger partial charge in [0.15, 0.2) is 24.7 Å². The van der Waals surface area contributed by atoms with Crippen molar-refractivity contribution in [3.63, 3.8) is 0 Å². The van der Waals surface area contributed by atoms with Crippen LogP contribution >= 0.6 is 86.9 Å². The van der Waals surface area contributed by atoms with Crippen molar-refractivity contribution in [1.29, 1.82) is 0 Å². The number of rotatable bonds is 10. The zero-order valence-electron chi connectivity index (χ0n) is 22.6. The van der Waals surface area contributed by atoms with Crippen LogP contribution in [-0.2, 0) is 15.0 Å². The third-order valence-corrected chi connectivity index (χ3v) is 9.07. The van der Waals surface area contributed by atoms with Gasteiger partial charge >= 0.3 is 11.9 Å². The van der Waals surface area contributed by atoms with Crippen LogP contribution in [0.2, 0.25) is 10.0 Å². The Labute approximate surface area is 292 Å². The van der Waals surface area contributed by atoms with Gasteiger partial charge in [-0.3, -0.25) is 0 Å². The van der Waals surface area contributed by atoms with Crippen molar-refractivity contribution in [1.82, 2.24) is 0 Å². The van der Waals surface area contributed by atoms with Crippen LogP contribution in [0.15, 0.2) is 90.7 Å². The summed E-state index contributed by atoms with van der Waals surface area (Å²) >= 11 is 25.9. The summed E-state index contributed by atoms with van der Waals surface area (Å²) in [5.41, 5.74) is 1.32. The molecule has 4 aromatic carbocycles. The zero-order valence-corrected chi connectivity index (χ0v) is 30.4. The van der Waals surface area contributed by atoms with E-state index in [1.54, 1.807) is 48.5 Å². The van der Waals surface area contributed by atoms with Crippen LogP contribution in [0.4, 0.5) is 0 Å². The Morgan fingerprint density at radius 3 is 1.21 bits per heavy atom. The van der Waals surface area contributed by atoms with Crippen LogP contribution in [0.1, 0.15) is 25.0 Å². The number of ether oxygens (including phenoxy) is 4. The number of hydrogen-bond acceptors (Lipinski definition) is 6. The smallest absolute Gasteiger partial charge is 0.349 e. The van der Waals surface area contributed by atoms with Gasteiger partial charge in [-0.15, -0.1) is 0 Å². The molecule has 43 heavy (non-hydrogen) atoms. The first-order chi connectivity index (χ1) is 20.3. The summed E-state index contributed by atoms with van der Waals surface area (Å²) in [7, 11) is 0. The summed E-state index contributed by atoms with van der Waals surface area (Å²) in [6.45, 7) is 3.54. The highest BCUT2D eigenvalue weighted by Crippen LogP contribution is 2.44. The summed E-state index contributed by atoms with van der Waals surface area (Å²) in [5, 5.41) is 1.14. The third-order valence-electron chi connectivity index (χ3n) is 6.21. The van der Waals surface area contributed by atoms with E-state index in [2.05, 4.69) is 63.7 Å². The van der Waals surface area contributed by atoms with E-state index in [4.69, 9.17) is 42.1 Å². The van der Waals surface area contributed by atoms with Crippen LogP contribution in [0, 0.1) is 0 Å². The first-order valence-corrected chi connectivity index (χ1v) is 16.4. The topological polar surface area (TPSA) is 71.1 Å². The lowest BCUT2D eigenvalue weighted by atomic mass is 9.78. The van der Waals surface area contributed by atoms with E-state index in [0.29, 0.717) is 50.9 Å². The second kappa shape index (κ2) is 14.8. The molecule has 224 valence electrons. The summed E-state index contributed by atoms with van der Waals surface area (Å²) < 4.78 is 24.4. The molecule has 6 nitrogen and oxygen atoms in total. The molecule has 4 aromatic rings. The molecule has 0 amide bonds. The summed E-state index contributed by atoms with van der Waals surface area (Å²) in [5.74, 6) is 0.520. The molecule has 0 atom stereocenters. The molecule has 0 radical (unpaired) electrons. The molecule has 0 saturated carbocycles. The number of carbonyl (C=O) groups excluding carboxylic acids is 2. The molecule has 0 spiro atoms. The van der Waals surface area contributed by atoms with Crippen molar-refractivity contribution in [2.24, 2.45) is 0 Å². The number of hydrogen-bond donors (Lipinski definition) is 0. The molecule has 0 heterocycles. The highest BCUT2D eigenvalue weighted by atomic mass is 79.9. The highest BCUT2D eigenvalue weighted by molar-refractivity contribution is 9.11. The SMILES string of the molecule is CC(C)(c1cc(Br)c(OC(=O)COc2ccc(Cl)cc2)c(Br)c1)c1cc(Br)c(OC(=O)COc2ccc(Cl)cc2)c(Br)c1. The second-order valence-electron chi connectivity index (χ2n) is 9.60. The minimum Gasteiger partial charge on any atom is -0.482 e. The van der Waals surface area contributed by atoms with Crippen molar-refractivity contribution >= 4 is 98.9 Å². The molecule has 0 aliphatic heterocycles. The molecule has 0 aromatic heterocycles. The molecule has 0 aliphatic rings. The van der Waals surface area contributed by atoms with E-state index in [1.807, 2.05) is 38.1 Å². The largest absolute Gasteiger partial charge is 0.482 e. The standard InChI is InChI=1S/C31H22Br4Cl2O6/c1-31(2,17-11-23(32)29(24(33)12-17)42-27(38)15-40-21-7-3-19(36)4-8-21)18-13-25(34)30(26(35)14-18)43-28(39)16-41-22-9-5-20(37)6-10-22/h3-14H,15-16H2,1-2H3. The fraction of sp³-hybridized carbons (Fsp3) is 0.161. The van der Waals surface area contributed by atoms with Gasteiger partial charge in [0.2, 0.25) is 0 Å². The molecule has 0 unspecified atom stereocenters. The van der Waals surface area contributed by atoms with E-state index < -0.39 is 17.4 Å². The van der Waals surface area contributed by atoms with Gasteiger partial charge in [-0.1, -0.05) is 37.0 Å². The second-order valence-corrected chi connectivity index (χ2v) is 13.9. The zero-order chi connectivity index (χ0) is 31.3. The maximum atomic E-state index is 12.5. The van der Waals surface area contributed by atoms with E-state index in [0.717, 1.165) is 11.1 Å². The Bertz CT molecular complexity index is 1480. The number of benzene rings is 4. The van der Waals surface area contributed by atoms with Gasteiger partial charge in [-0.25, -0.2) is 9.59 Å². The Morgan fingerprint density at radius 2 is 0.907 bits per heavy atom. The predicted molar refractivity (Wildman–Crippen MR) is 181 cm³/mol. The van der Waals surface area contributed by atoms with Gasteiger partial charge in [0, 0.05) is 15.5 Å². The molecule has 4 rings (SSSR count). The van der Waals surface area contributed by atoms with E-state index in [9.17, 15) is 9.59 Å². The maximum Gasteiger partial charge on any atom is 0.349 e. The fourth-order valence-electron chi connectivity index (χ4n) is 3.84. The summed E-state index contributed by atoms with van der Waals surface area (Å²) in [6, 6.07) is 20.9.